The van der Waals surface area contributed by atoms with E-state index in [2.05, 4.69) is 48.5 Å². The highest BCUT2D eigenvalue weighted by atomic mass is 32.1. The van der Waals surface area contributed by atoms with E-state index < -0.39 is 0 Å². The fraction of sp³-hybridized carbons (Fsp3) is 0.286. The van der Waals surface area contributed by atoms with Crippen LogP contribution in [-0.4, -0.2) is 23.3 Å². The van der Waals surface area contributed by atoms with Crippen LogP contribution in [0.1, 0.15) is 40.1 Å². The summed E-state index contributed by atoms with van der Waals surface area (Å²) in [7, 11) is 0. The molecule has 0 aliphatic rings. The van der Waals surface area contributed by atoms with Gasteiger partial charge < -0.3 is 15.1 Å². The zero-order valence-electron chi connectivity index (χ0n) is 16.2. The minimum Gasteiger partial charge on any atom is -0.459 e. The Bertz CT molecular complexity index is 954. The summed E-state index contributed by atoms with van der Waals surface area (Å²) in [6.07, 6.45) is 2.28. The molecule has 7 heteroatoms. The first-order valence-electron chi connectivity index (χ1n) is 9.09. The van der Waals surface area contributed by atoms with Gasteiger partial charge in [-0.15, -0.1) is 11.3 Å². The zero-order valence-corrected chi connectivity index (χ0v) is 17.0. The smallest absolute Gasteiger partial charge is 0.286 e. The van der Waals surface area contributed by atoms with Gasteiger partial charge in [0.1, 0.15) is 0 Å². The summed E-state index contributed by atoms with van der Waals surface area (Å²) < 4.78 is 5.02. The molecular weight excluding hydrogens is 374 g/mol. The van der Waals surface area contributed by atoms with Gasteiger partial charge in [-0.2, -0.15) is 0 Å². The molecule has 2 N–H and O–H groups in total. The van der Waals surface area contributed by atoms with Crippen molar-refractivity contribution in [3.8, 4) is 11.3 Å². The van der Waals surface area contributed by atoms with E-state index in [9.17, 15) is 9.59 Å². The largest absolute Gasteiger partial charge is 0.459 e. The Labute approximate surface area is 168 Å². The molecule has 0 fully saturated rings. The number of amides is 2. The highest BCUT2D eigenvalue weighted by molar-refractivity contribution is 7.14. The fourth-order valence-corrected chi connectivity index (χ4v) is 3.88. The molecule has 3 aromatic rings. The number of nitrogens with one attached hydrogen (secondary N) is 2. The van der Waals surface area contributed by atoms with Gasteiger partial charge >= 0.3 is 0 Å². The van der Waals surface area contributed by atoms with E-state index in [0.717, 1.165) is 11.3 Å². The summed E-state index contributed by atoms with van der Waals surface area (Å²) in [5.41, 5.74) is 5.56. The molecule has 0 bridgehead atoms. The lowest BCUT2D eigenvalue weighted by Gasteiger charge is -2.08. The molecule has 3 rings (SSSR count). The summed E-state index contributed by atoms with van der Waals surface area (Å²) in [6.45, 7) is 6.62. The third-order valence-corrected chi connectivity index (χ3v) is 5.05. The van der Waals surface area contributed by atoms with Crippen LogP contribution in [0.2, 0.25) is 0 Å². The number of carbonyl (C=O) groups is 2. The SMILES string of the molecule is Cc1cc(C)c(-c2csc(NC(=O)CCCNC(=O)c3ccco3)n2)c(C)c1. The van der Waals surface area contributed by atoms with Crippen LogP contribution in [0.3, 0.4) is 0 Å². The number of nitrogens with zero attached hydrogens (tertiary/aromatic N) is 1. The Morgan fingerprint density at radius 1 is 1.18 bits per heavy atom. The summed E-state index contributed by atoms with van der Waals surface area (Å²) >= 11 is 1.41. The summed E-state index contributed by atoms with van der Waals surface area (Å²) in [6, 6.07) is 7.53. The third kappa shape index (κ3) is 4.86. The first-order chi connectivity index (χ1) is 13.4. The van der Waals surface area contributed by atoms with E-state index >= 15 is 0 Å². The Morgan fingerprint density at radius 3 is 2.61 bits per heavy atom. The molecule has 146 valence electrons. The predicted molar refractivity (Wildman–Crippen MR) is 111 cm³/mol. The van der Waals surface area contributed by atoms with Crippen molar-refractivity contribution in [2.45, 2.75) is 33.6 Å². The van der Waals surface area contributed by atoms with Crippen LogP contribution in [0, 0.1) is 20.8 Å². The number of hydrogen-bond acceptors (Lipinski definition) is 5. The van der Waals surface area contributed by atoms with E-state index in [1.807, 2.05) is 5.38 Å². The van der Waals surface area contributed by atoms with Gasteiger partial charge in [0.25, 0.3) is 5.91 Å². The monoisotopic (exact) mass is 397 g/mol. The van der Waals surface area contributed by atoms with Crippen LogP contribution in [0.4, 0.5) is 5.13 Å². The van der Waals surface area contributed by atoms with Gasteiger partial charge in [0.2, 0.25) is 5.91 Å². The van der Waals surface area contributed by atoms with Gasteiger partial charge in [-0.1, -0.05) is 17.7 Å². The highest BCUT2D eigenvalue weighted by Gasteiger charge is 2.13. The molecule has 0 unspecified atom stereocenters. The Hall–Kier alpha value is -2.93. The molecule has 1 aromatic carbocycles. The van der Waals surface area contributed by atoms with Crippen LogP contribution in [0.15, 0.2) is 40.3 Å². The number of rotatable bonds is 7. The fourth-order valence-electron chi connectivity index (χ4n) is 3.16. The minimum atomic E-state index is -0.279. The Balaban J connectivity index is 1.50. The average Bonchev–Trinajstić information content (AvgIpc) is 3.30. The molecule has 6 nitrogen and oxygen atoms in total. The summed E-state index contributed by atoms with van der Waals surface area (Å²) in [5, 5.41) is 8.10. The number of benzene rings is 1. The van der Waals surface area contributed by atoms with E-state index in [0.29, 0.717) is 24.5 Å². The maximum atomic E-state index is 12.1. The Morgan fingerprint density at radius 2 is 1.93 bits per heavy atom. The second-order valence-electron chi connectivity index (χ2n) is 6.70. The number of hydrogen-bond donors (Lipinski definition) is 2. The molecule has 0 aliphatic carbocycles. The molecule has 0 radical (unpaired) electrons. The van der Waals surface area contributed by atoms with E-state index in [1.54, 1.807) is 12.1 Å². The van der Waals surface area contributed by atoms with Crippen molar-refractivity contribution >= 4 is 28.3 Å². The number of thiazole rings is 1. The molecule has 0 saturated heterocycles. The lowest BCUT2D eigenvalue weighted by molar-refractivity contribution is -0.116. The maximum absolute atomic E-state index is 12.1. The van der Waals surface area contributed by atoms with Crippen LogP contribution in [0.5, 0.6) is 0 Å². The minimum absolute atomic E-state index is 0.120. The summed E-state index contributed by atoms with van der Waals surface area (Å²) in [5.74, 6) is -0.134. The van der Waals surface area contributed by atoms with Crippen molar-refractivity contribution < 1.29 is 14.0 Å². The number of carbonyl (C=O) groups excluding carboxylic acids is 2. The zero-order chi connectivity index (χ0) is 20.1. The predicted octanol–water partition coefficient (Wildman–Crippen LogP) is 4.48. The first kappa shape index (κ1) is 19.8. The van der Waals surface area contributed by atoms with Crippen molar-refractivity contribution in [1.29, 1.82) is 0 Å². The molecule has 0 spiro atoms. The van der Waals surface area contributed by atoms with Crippen molar-refractivity contribution in [1.82, 2.24) is 10.3 Å². The molecule has 2 heterocycles. The van der Waals surface area contributed by atoms with Gasteiger partial charge in [-0.05, 0) is 50.5 Å². The van der Waals surface area contributed by atoms with Crippen molar-refractivity contribution in [2.75, 3.05) is 11.9 Å². The summed E-state index contributed by atoms with van der Waals surface area (Å²) in [4.78, 5) is 28.4. The highest BCUT2D eigenvalue weighted by Crippen LogP contribution is 2.31. The van der Waals surface area contributed by atoms with Crippen LogP contribution >= 0.6 is 11.3 Å². The van der Waals surface area contributed by atoms with Crippen LogP contribution in [0.25, 0.3) is 11.3 Å². The van der Waals surface area contributed by atoms with E-state index in [4.69, 9.17) is 4.42 Å². The topological polar surface area (TPSA) is 84.2 Å². The van der Waals surface area contributed by atoms with E-state index in [-0.39, 0.29) is 17.6 Å². The number of furan rings is 1. The third-order valence-electron chi connectivity index (χ3n) is 4.29. The molecule has 2 aromatic heterocycles. The van der Waals surface area contributed by atoms with Gasteiger partial charge in [0, 0.05) is 23.9 Å². The maximum Gasteiger partial charge on any atom is 0.286 e. The molecule has 28 heavy (non-hydrogen) atoms. The lowest BCUT2D eigenvalue weighted by atomic mass is 9.98. The first-order valence-corrected chi connectivity index (χ1v) is 9.97. The molecule has 0 aliphatic heterocycles. The Kier molecular flexibility index (Phi) is 6.26. The van der Waals surface area contributed by atoms with Gasteiger partial charge in [-0.3, -0.25) is 9.59 Å². The van der Waals surface area contributed by atoms with Gasteiger partial charge in [-0.25, -0.2) is 4.98 Å². The molecule has 0 atom stereocenters. The quantitative estimate of drug-likeness (QED) is 0.576. The molecule has 0 saturated carbocycles. The average molecular weight is 398 g/mol. The van der Waals surface area contributed by atoms with Crippen molar-refractivity contribution in [3.05, 3.63) is 58.4 Å². The second kappa shape index (κ2) is 8.84. The number of anilines is 1. The number of aryl methyl sites for hydroxylation is 3. The van der Waals surface area contributed by atoms with Gasteiger partial charge in [0.05, 0.1) is 12.0 Å². The van der Waals surface area contributed by atoms with Crippen LogP contribution < -0.4 is 10.6 Å². The van der Waals surface area contributed by atoms with E-state index in [1.165, 1.54) is 34.3 Å². The second-order valence-corrected chi connectivity index (χ2v) is 7.55. The van der Waals surface area contributed by atoms with Gasteiger partial charge in [0.15, 0.2) is 10.9 Å². The molecule has 2 amide bonds. The lowest BCUT2D eigenvalue weighted by Crippen LogP contribution is -2.25. The number of aromatic nitrogens is 1. The normalized spacial score (nSPS) is 10.7. The standard InChI is InChI=1S/C21H23N3O3S/c1-13-10-14(2)19(15(3)11-13)16-12-28-21(23-16)24-18(25)7-4-8-22-20(26)17-6-5-9-27-17/h5-6,9-12H,4,7-8H2,1-3H3,(H,22,26)(H,23,24,25). The van der Waals surface area contributed by atoms with Crippen LogP contribution in [-0.2, 0) is 4.79 Å². The van der Waals surface area contributed by atoms with Crippen molar-refractivity contribution in [2.24, 2.45) is 0 Å². The molecular formula is C21H23N3O3S. The van der Waals surface area contributed by atoms with Crippen molar-refractivity contribution in [3.63, 3.8) is 0 Å².